The fraction of sp³-hybridized carbons (Fsp3) is 0.179. The van der Waals surface area contributed by atoms with Gasteiger partial charge >= 0.3 is 5.91 Å². The van der Waals surface area contributed by atoms with Gasteiger partial charge in [0.2, 0.25) is 5.95 Å². The number of aliphatic hydroxyl groups is 1. The molecule has 0 aliphatic carbocycles. The molecule has 0 radical (unpaired) electrons. The summed E-state index contributed by atoms with van der Waals surface area (Å²) in [7, 11) is 3.03. The summed E-state index contributed by atoms with van der Waals surface area (Å²) < 4.78 is 10.8. The molecule has 4 aromatic rings. The second-order valence-corrected chi connectivity index (χ2v) is 8.68. The van der Waals surface area contributed by atoms with E-state index in [4.69, 9.17) is 9.47 Å². The summed E-state index contributed by atoms with van der Waals surface area (Å²) in [5.41, 5.74) is 4.07. The van der Waals surface area contributed by atoms with Crippen molar-refractivity contribution in [3.63, 3.8) is 0 Å². The first kappa shape index (κ1) is 23.2. The van der Waals surface area contributed by atoms with Crippen LogP contribution in [0.2, 0.25) is 0 Å². The Hall–Kier alpha value is -4.59. The minimum absolute atomic E-state index is 0.0265. The highest BCUT2D eigenvalue weighted by Gasteiger charge is 2.48. The van der Waals surface area contributed by atoms with Gasteiger partial charge < -0.3 is 19.6 Å². The zero-order chi connectivity index (χ0) is 25.6. The summed E-state index contributed by atoms with van der Waals surface area (Å²) in [6.45, 7) is 3.74. The molecule has 0 saturated carbocycles. The summed E-state index contributed by atoms with van der Waals surface area (Å²) in [5.74, 6) is -0.700. The number of imidazole rings is 1. The zero-order valence-electron chi connectivity index (χ0n) is 20.3. The predicted molar refractivity (Wildman–Crippen MR) is 136 cm³/mol. The minimum Gasteiger partial charge on any atom is -0.507 e. The number of benzene rings is 3. The lowest BCUT2D eigenvalue weighted by molar-refractivity contribution is -0.132. The molecule has 1 aliphatic rings. The van der Waals surface area contributed by atoms with Crippen LogP contribution < -0.4 is 14.4 Å². The Bertz CT molecular complexity index is 1520. The molecule has 2 heterocycles. The van der Waals surface area contributed by atoms with Crippen LogP contribution in [0.25, 0.3) is 16.8 Å². The first-order valence-corrected chi connectivity index (χ1v) is 11.4. The van der Waals surface area contributed by atoms with Crippen LogP contribution >= 0.6 is 0 Å². The molecule has 1 fully saturated rings. The van der Waals surface area contributed by atoms with Crippen LogP contribution in [0.15, 0.2) is 66.2 Å². The number of ketones is 1. The van der Waals surface area contributed by atoms with Crippen LogP contribution in [0.3, 0.4) is 0 Å². The largest absolute Gasteiger partial charge is 0.507 e. The maximum atomic E-state index is 13.5. The quantitative estimate of drug-likeness (QED) is 0.240. The van der Waals surface area contributed by atoms with Crippen molar-refractivity contribution in [3.05, 3.63) is 88.5 Å². The zero-order valence-corrected chi connectivity index (χ0v) is 20.3. The number of nitrogens with zero attached hydrogens (tertiary/aromatic N) is 2. The molecule has 2 N–H and O–H groups in total. The van der Waals surface area contributed by atoms with Crippen LogP contribution in [-0.4, -0.2) is 41.0 Å². The number of fused-ring (bicyclic) bond motifs is 1. The number of amides is 1. The number of nitrogens with one attached hydrogen (secondary N) is 1. The van der Waals surface area contributed by atoms with Crippen LogP contribution in [0.1, 0.15) is 28.3 Å². The highest BCUT2D eigenvalue weighted by molar-refractivity contribution is 6.51. The Kier molecular flexibility index (Phi) is 5.72. The fourth-order valence-electron chi connectivity index (χ4n) is 4.58. The first-order valence-electron chi connectivity index (χ1n) is 11.4. The van der Waals surface area contributed by atoms with E-state index in [9.17, 15) is 14.7 Å². The van der Waals surface area contributed by atoms with E-state index in [2.05, 4.69) is 9.97 Å². The van der Waals surface area contributed by atoms with Gasteiger partial charge in [-0.05, 0) is 55.3 Å². The van der Waals surface area contributed by atoms with Crippen LogP contribution in [-0.2, 0) is 9.59 Å². The molecule has 3 aromatic carbocycles. The van der Waals surface area contributed by atoms with E-state index in [0.717, 1.165) is 16.6 Å². The second-order valence-electron chi connectivity index (χ2n) is 8.68. The van der Waals surface area contributed by atoms with E-state index in [1.54, 1.807) is 24.3 Å². The number of rotatable bonds is 5. The van der Waals surface area contributed by atoms with Crippen molar-refractivity contribution in [3.8, 4) is 11.5 Å². The number of carbonyl (C=O) groups excluding carboxylic acids is 2. The van der Waals surface area contributed by atoms with Gasteiger partial charge in [0.15, 0.2) is 11.5 Å². The third kappa shape index (κ3) is 3.67. The van der Waals surface area contributed by atoms with E-state index in [1.807, 2.05) is 50.2 Å². The SMILES string of the molecule is COc1ccc(C2/C(=C(\O)c3cc(C)ccc3C)C(=O)C(=O)N2c2nc3ccccc3[nH]2)cc1OC. The molecular formula is C28H25N3O5. The molecule has 1 aromatic heterocycles. The summed E-state index contributed by atoms with van der Waals surface area (Å²) in [5, 5.41) is 11.5. The predicted octanol–water partition coefficient (Wildman–Crippen LogP) is 4.82. The summed E-state index contributed by atoms with van der Waals surface area (Å²) >= 11 is 0. The number of aromatic amines is 1. The van der Waals surface area contributed by atoms with Gasteiger partial charge in [-0.3, -0.25) is 14.5 Å². The van der Waals surface area contributed by atoms with Gasteiger partial charge in [0.05, 0.1) is 36.9 Å². The topological polar surface area (TPSA) is 105 Å². The molecule has 36 heavy (non-hydrogen) atoms. The standard InChI is InChI=1S/C28H25N3O5/c1-15-9-10-16(2)18(13-15)25(32)23-24(17-11-12-21(35-3)22(14-17)36-4)31(27(34)26(23)33)28-29-19-7-5-6-8-20(19)30-28/h5-14,24,32H,1-4H3,(H,29,30)/b25-23+. The number of para-hydroxylation sites is 2. The molecule has 5 rings (SSSR count). The van der Waals surface area contributed by atoms with E-state index >= 15 is 0 Å². The molecule has 8 nitrogen and oxygen atoms in total. The number of aromatic nitrogens is 2. The van der Waals surface area contributed by atoms with Gasteiger partial charge in [-0.2, -0.15) is 0 Å². The van der Waals surface area contributed by atoms with Crippen molar-refractivity contribution in [2.75, 3.05) is 19.1 Å². The molecular weight excluding hydrogens is 458 g/mol. The van der Waals surface area contributed by atoms with Gasteiger partial charge in [-0.15, -0.1) is 0 Å². The lowest BCUT2D eigenvalue weighted by Crippen LogP contribution is -2.30. The average Bonchev–Trinajstić information content (AvgIpc) is 3.43. The average molecular weight is 484 g/mol. The molecule has 1 atom stereocenters. The number of aliphatic hydroxyl groups excluding tert-OH is 1. The minimum atomic E-state index is -0.953. The van der Waals surface area contributed by atoms with Gasteiger partial charge in [-0.25, -0.2) is 4.98 Å². The normalized spacial score (nSPS) is 17.1. The molecule has 1 amide bonds. The van der Waals surface area contributed by atoms with Gasteiger partial charge in [0.25, 0.3) is 5.78 Å². The molecule has 182 valence electrons. The molecule has 1 unspecified atom stereocenters. The summed E-state index contributed by atoms with van der Waals surface area (Å²) in [6, 6.07) is 17.1. The number of ether oxygens (including phenoxy) is 2. The van der Waals surface area contributed by atoms with Crippen molar-refractivity contribution in [2.45, 2.75) is 19.9 Å². The Morgan fingerprint density at radius 3 is 2.44 bits per heavy atom. The van der Waals surface area contributed by atoms with Gasteiger partial charge in [0, 0.05) is 5.56 Å². The molecule has 0 spiro atoms. The molecule has 1 saturated heterocycles. The fourth-order valence-corrected chi connectivity index (χ4v) is 4.58. The van der Waals surface area contributed by atoms with E-state index in [-0.39, 0.29) is 17.3 Å². The summed E-state index contributed by atoms with van der Waals surface area (Å²) in [4.78, 5) is 35.9. The maximum absolute atomic E-state index is 13.5. The third-order valence-corrected chi connectivity index (χ3v) is 6.42. The van der Waals surface area contributed by atoms with Crippen LogP contribution in [0.5, 0.6) is 11.5 Å². The van der Waals surface area contributed by atoms with Crippen molar-refractivity contribution in [1.82, 2.24) is 9.97 Å². The number of hydrogen-bond acceptors (Lipinski definition) is 6. The molecule has 0 bridgehead atoms. The lowest BCUT2D eigenvalue weighted by Gasteiger charge is -2.24. The van der Waals surface area contributed by atoms with Crippen molar-refractivity contribution >= 4 is 34.4 Å². The summed E-state index contributed by atoms with van der Waals surface area (Å²) in [6.07, 6.45) is 0. The monoisotopic (exact) mass is 483 g/mol. The number of Topliss-reactive ketones (excluding diaryl/α,β-unsaturated/α-hetero) is 1. The highest BCUT2D eigenvalue weighted by atomic mass is 16.5. The van der Waals surface area contributed by atoms with Crippen LogP contribution in [0, 0.1) is 13.8 Å². The van der Waals surface area contributed by atoms with Crippen molar-refractivity contribution in [2.24, 2.45) is 0 Å². The van der Waals surface area contributed by atoms with E-state index in [1.165, 1.54) is 19.1 Å². The lowest BCUT2D eigenvalue weighted by atomic mass is 9.93. The number of hydrogen-bond donors (Lipinski definition) is 2. The molecule has 1 aliphatic heterocycles. The molecule has 8 heteroatoms. The second kappa shape index (κ2) is 8.88. The number of carbonyl (C=O) groups is 2. The third-order valence-electron chi connectivity index (χ3n) is 6.42. The first-order chi connectivity index (χ1) is 17.3. The number of aryl methyl sites for hydroxylation is 2. The maximum Gasteiger partial charge on any atom is 0.302 e. The Morgan fingerprint density at radius 2 is 1.72 bits per heavy atom. The van der Waals surface area contributed by atoms with Gasteiger partial charge in [0.1, 0.15) is 5.76 Å². The van der Waals surface area contributed by atoms with Gasteiger partial charge in [-0.1, -0.05) is 35.9 Å². The smallest absolute Gasteiger partial charge is 0.302 e. The Morgan fingerprint density at radius 1 is 0.972 bits per heavy atom. The van der Waals surface area contributed by atoms with Crippen LogP contribution in [0.4, 0.5) is 5.95 Å². The van der Waals surface area contributed by atoms with E-state index < -0.39 is 17.7 Å². The Balaban J connectivity index is 1.78. The number of methoxy groups -OCH3 is 2. The Labute approximate surface area is 207 Å². The highest BCUT2D eigenvalue weighted by Crippen LogP contribution is 2.44. The number of anilines is 1. The van der Waals surface area contributed by atoms with Crippen molar-refractivity contribution in [1.29, 1.82) is 0 Å². The van der Waals surface area contributed by atoms with E-state index in [0.29, 0.717) is 28.1 Å². The number of H-pyrrole nitrogens is 1. The van der Waals surface area contributed by atoms with Crippen molar-refractivity contribution < 1.29 is 24.2 Å².